The van der Waals surface area contributed by atoms with Gasteiger partial charge in [0.1, 0.15) is 6.07 Å². The van der Waals surface area contributed by atoms with Crippen LogP contribution in [0.25, 0.3) is 0 Å². The Bertz CT molecular complexity index is 720. The lowest BCUT2D eigenvalue weighted by molar-refractivity contribution is -0.136. The predicted octanol–water partition coefficient (Wildman–Crippen LogP) is 4.67. The van der Waals surface area contributed by atoms with Gasteiger partial charge in [-0.1, -0.05) is 15.9 Å². The summed E-state index contributed by atoms with van der Waals surface area (Å²) < 4.78 is 39.7. The quantitative estimate of drug-likeness (QED) is 0.769. The van der Waals surface area contributed by atoms with Crippen molar-refractivity contribution in [3.8, 4) is 6.07 Å². The lowest BCUT2D eigenvalue weighted by Gasteiger charge is -2.16. The molecule has 21 heavy (non-hydrogen) atoms. The first-order chi connectivity index (χ1) is 9.81. The molecule has 0 fully saturated rings. The molecule has 7 heteroatoms. The summed E-state index contributed by atoms with van der Waals surface area (Å²) in [5.74, 6) is 0. The van der Waals surface area contributed by atoms with Crippen LogP contribution in [0, 0.1) is 11.3 Å². The first kappa shape index (κ1) is 15.2. The standard InChI is InChI=1S/C14H9BrF3N3/c15-9-2-1-8(7-19)13(5-9)21-12-4-3-10(20)6-11(12)14(16,17)18/h1-6,21H,20H2. The molecule has 0 aromatic heterocycles. The van der Waals surface area contributed by atoms with Crippen molar-refractivity contribution in [2.24, 2.45) is 0 Å². The fourth-order valence-corrected chi connectivity index (χ4v) is 2.13. The van der Waals surface area contributed by atoms with Crippen LogP contribution in [0.1, 0.15) is 11.1 Å². The highest BCUT2D eigenvalue weighted by Gasteiger charge is 2.33. The molecule has 0 amide bonds. The minimum Gasteiger partial charge on any atom is -0.399 e. The van der Waals surface area contributed by atoms with Crippen LogP contribution in [-0.2, 0) is 6.18 Å². The molecule has 0 saturated heterocycles. The van der Waals surface area contributed by atoms with Crippen LogP contribution in [0.15, 0.2) is 40.9 Å². The van der Waals surface area contributed by atoms with Crippen molar-refractivity contribution in [3.63, 3.8) is 0 Å². The lowest BCUT2D eigenvalue weighted by atomic mass is 10.1. The van der Waals surface area contributed by atoms with Crippen molar-refractivity contribution >= 4 is 33.0 Å². The summed E-state index contributed by atoms with van der Waals surface area (Å²) in [5.41, 5.74) is 4.90. The molecule has 2 aromatic carbocycles. The van der Waals surface area contributed by atoms with Crippen molar-refractivity contribution in [1.82, 2.24) is 0 Å². The number of benzene rings is 2. The van der Waals surface area contributed by atoms with Crippen molar-refractivity contribution in [3.05, 3.63) is 52.0 Å². The van der Waals surface area contributed by atoms with E-state index in [1.807, 2.05) is 6.07 Å². The Morgan fingerprint density at radius 2 is 1.81 bits per heavy atom. The molecule has 0 bridgehead atoms. The maximum atomic E-state index is 13.0. The average Bonchev–Trinajstić information content (AvgIpc) is 2.40. The molecule has 0 aliphatic carbocycles. The van der Waals surface area contributed by atoms with Gasteiger partial charge in [-0.15, -0.1) is 0 Å². The normalized spacial score (nSPS) is 11.0. The maximum absolute atomic E-state index is 13.0. The molecule has 0 atom stereocenters. The van der Waals surface area contributed by atoms with Gasteiger partial charge in [0.05, 0.1) is 22.5 Å². The van der Waals surface area contributed by atoms with Gasteiger partial charge >= 0.3 is 6.18 Å². The summed E-state index contributed by atoms with van der Waals surface area (Å²) in [6.45, 7) is 0. The smallest absolute Gasteiger partial charge is 0.399 e. The fourth-order valence-electron chi connectivity index (χ4n) is 1.77. The second-order valence-corrected chi connectivity index (χ2v) is 5.15. The van der Waals surface area contributed by atoms with Crippen LogP contribution in [-0.4, -0.2) is 0 Å². The van der Waals surface area contributed by atoms with Crippen LogP contribution < -0.4 is 11.1 Å². The largest absolute Gasteiger partial charge is 0.418 e. The molecule has 3 N–H and O–H groups in total. The molecule has 2 aromatic rings. The summed E-state index contributed by atoms with van der Waals surface area (Å²) in [7, 11) is 0. The van der Waals surface area contributed by atoms with E-state index in [0.717, 1.165) is 6.07 Å². The Morgan fingerprint density at radius 3 is 2.43 bits per heavy atom. The van der Waals surface area contributed by atoms with Gasteiger partial charge in [0.2, 0.25) is 0 Å². The summed E-state index contributed by atoms with van der Waals surface area (Å²) in [6.07, 6.45) is -4.55. The summed E-state index contributed by atoms with van der Waals surface area (Å²) in [4.78, 5) is 0. The van der Waals surface area contributed by atoms with E-state index < -0.39 is 11.7 Å². The molecule has 0 spiro atoms. The fraction of sp³-hybridized carbons (Fsp3) is 0.0714. The van der Waals surface area contributed by atoms with Crippen LogP contribution in [0.3, 0.4) is 0 Å². The molecule has 0 aliphatic rings. The zero-order chi connectivity index (χ0) is 15.6. The second kappa shape index (κ2) is 5.66. The van der Waals surface area contributed by atoms with Crippen molar-refractivity contribution in [1.29, 1.82) is 5.26 Å². The minimum absolute atomic E-state index is 0.0163. The molecule has 0 unspecified atom stereocenters. The Labute approximate surface area is 127 Å². The maximum Gasteiger partial charge on any atom is 0.418 e. The zero-order valence-electron chi connectivity index (χ0n) is 10.5. The van der Waals surface area contributed by atoms with Gasteiger partial charge < -0.3 is 11.1 Å². The van der Waals surface area contributed by atoms with E-state index in [1.54, 1.807) is 6.07 Å². The SMILES string of the molecule is N#Cc1ccc(Br)cc1Nc1ccc(N)cc1C(F)(F)F. The molecule has 0 heterocycles. The third kappa shape index (κ3) is 3.47. The molecule has 0 radical (unpaired) electrons. The van der Waals surface area contributed by atoms with E-state index >= 15 is 0 Å². The second-order valence-electron chi connectivity index (χ2n) is 4.23. The molecule has 108 valence electrons. The van der Waals surface area contributed by atoms with Gasteiger partial charge in [-0.2, -0.15) is 18.4 Å². The first-order valence-electron chi connectivity index (χ1n) is 5.74. The van der Waals surface area contributed by atoms with Gasteiger partial charge in [0.15, 0.2) is 0 Å². The van der Waals surface area contributed by atoms with Crippen LogP contribution in [0.5, 0.6) is 0 Å². The third-order valence-corrected chi connectivity index (χ3v) is 3.21. The zero-order valence-corrected chi connectivity index (χ0v) is 12.1. The number of alkyl halides is 3. The molecular formula is C14H9BrF3N3. The van der Waals surface area contributed by atoms with Crippen molar-refractivity contribution in [2.75, 3.05) is 11.1 Å². The monoisotopic (exact) mass is 355 g/mol. The Kier molecular flexibility index (Phi) is 4.09. The summed E-state index contributed by atoms with van der Waals surface area (Å²) in [5, 5.41) is 11.7. The minimum atomic E-state index is -4.55. The van der Waals surface area contributed by atoms with E-state index in [1.165, 1.54) is 24.3 Å². The van der Waals surface area contributed by atoms with Gasteiger partial charge in [0.25, 0.3) is 0 Å². The topological polar surface area (TPSA) is 61.8 Å². The van der Waals surface area contributed by atoms with Crippen molar-refractivity contribution < 1.29 is 13.2 Å². The van der Waals surface area contributed by atoms with Gasteiger partial charge in [-0.05, 0) is 36.4 Å². The number of rotatable bonds is 2. The number of nitriles is 1. The Morgan fingerprint density at radius 1 is 1.10 bits per heavy atom. The van der Waals surface area contributed by atoms with E-state index in [-0.39, 0.29) is 22.6 Å². The molecule has 2 rings (SSSR count). The highest BCUT2D eigenvalue weighted by atomic mass is 79.9. The van der Waals surface area contributed by atoms with Gasteiger partial charge in [0, 0.05) is 10.2 Å². The molecule has 3 nitrogen and oxygen atoms in total. The summed E-state index contributed by atoms with van der Waals surface area (Å²) >= 11 is 3.22. The Hall–Kier alpha value is -2.20. The lowest BCUT2D eigenvalue weighted by Crippen LogP contribution is -2.10. The number of nitrogens with zero attached hydrogens (tertiary/aromatic N) is 1. The highest BCUT2D eigenvalue weighted by Crippen LogP contribution is 2.38. The molecule has 0 aliphatic heterocycles. The average molecular weight is 356 g/mol. The number of nitrogen functional groups attached to an aromatic ring is 1. The first-order valence-corrected chi connectivity index (χ1v) is 6.54. The number of nitrogens with two attached hydrogens (primary N) is 1. The summed E-state index contributed by atoms with van der Waals surface area (Å²) in [6, 6.07) is 10.1. The Balaban J connectivity index is 2.50. The van der Waals surface area contributed by atoms with E-state index in [2.05, 4.69) is 21.2 Å². The van der Waals surface area contributed by atoms with Gasteiger partial charge in [-0.3, -0.25) is 0 Å². The van der Waals surface area contributed by atoms with Crippen LogP contribution in [0.2, 0.25) is 0 Å². The van der Waals surface area contributed by atoms with Crippen LogP contribution in [0.4, 0.5) is 30.2 Å². The number of hydrogen-bond acceptors (Lipinski definition) is 3. The third-order valence-electron chi connectivity index (χ3n) is 2.72. The molecular weight excluding hydrogens is 347 g/mol. The predicted molar refractivity (Wildman–Crippen MR) is 78.0 cm³/mol. The number of halogens is 4. The van der Waals surface area contributed by atoms with E-state index in [4.69, 9.17) is 11.0 Å². The number of nitrogens with one attached hydrogen (secondary N) is 1. The molecule has 0 saturated carbocycles. The van der Waals surface area contributed by atoms with Crippen LogP contribution >= 0.6 is 15.9 Å². The van der Waals surface area contributed by atoms with E-state index in [0.29, 0.717) is 4.47 Å². The highest BCUT2D eigenvalue weighted by molar-refractivity contribution is 9.10. The number of anilines is 3. The number of hydrogen-bond donors (Lipinski definition) is 2. The van der Waals surface area contributed by atoms with E-state index in [9.17, 15) is 13.2 Å². The van der Waals surface area contributed by atoms with Gasteiger partial charge in [-0.25, -0.2) is 0 Å². The van der Waals surface area contributed by atoms with Crippen molar-refractivity contribution in [2.45, 2.75) is 6.18 Å².